The van der Waals surface area contributed by atoms with Gasteiger partial charge in [0.05, 0.1) is 43.0 Å². The van der Waals surface area contributed by atoms with E-state index in [1.54, 1.807) is 22.2 Å². The third kappa shape index (κ3) is 9.15. The van der Waals surface area contributed by atoms with E-state index in [-0.39, 0.29) is 36.2 Å². The van der Waals surface area contributed by atoms with Crippen molar-refractivity contribution in [1.82, 2.24) is 40.4 Å². The van der Waals surface area contributed by atoms with Gasteiger partial charge in [-0.25, -0.2) is 19.6 Å². The lowest BCUT2D eigenvalue weighted by Gasteiger charge is -2.30. The number of rotatable bonds is 13. The molecule has 4 heterocycles. The number of likely N-dealkylation sites (tertiary alicyclic amines) is 2. The minimum absolute atomic E-state index is 0.113. The summed E-state index contributed by atoms with van der Waals surface area (Å²) in [6, 6.07) is 21.7. The van der Waals surface area contributed by atoms with E-state index >= 15 is 0 Å². The number of methoxy groups -OCH3 is 1. The quantitative estimate of drug-likeness (QED) is 0.0802. The predicted molar refractivity (Wildman–Crippen MR) is 222 cm³/mol. The zero-order valence-corrected chi connectivity index (χ0v) is 33.5. The lowest BCUT2D eigenvalue weighted by atomic mass is 10.0. The zero-order valence-electron chi connectivity index (χ0n) is 33.5. The fraction of sp³-hybridized carbons (Fsp3) is 0.364. The number of nitrogens with two attached hydrogens (primary N) is 1. The first kappa shape index (κ1) is 40.7. The summed E-state index contributed by atoms with van der Waals surface area (Å²) in [4.78, 5) is 70.8. The largest absolute Gasteiger partial charge is 0.465 e. The van der Waals surface area contributed by atoms with E-state index in [0.717, 1.165) is 64.0 Å². The van der Waals surface area contributed by atoms with Gasteiger partial charge in [0.25, 0.3) is 0 Å². The number of H-pyrrole nitrogens is 2. The highest BCUT2D eigenvalue weighted by Gasteiger charge is 2.38. The van der Waals surface area contributed by atoms with E-state index in [9.17, 15) is 24.3 Å². The summed E-state index contributed by atoms with van der Waals surface area (Å²) >= 11 is 0. The molecule has 2 saturated heterocycles. The molecule has 0 aliphatic carbocycles. The normalized spacial score (nSPS) is 17.5. The van der Waals surface area contributed by atoms with Gasteiger partial charge in [0, 0.05) is 26.1 Å². The lowest BCUT2D eigenvalue weighted by molar-refractivity contribution is -0.135. The molecule has 59 heavy (non-hydrogen) atoms. The molecule has 4 atom stereocenters. The zero-order chi connectivity index (χ0) is 41.6. The van der Waals surface area contributed by atoms with Gasteiger partial charge in [-0.1, -0.05) is 86.6 Å². The van der Waals surface area contributed by atoms with E-state index in [0.29, 0.717) is 37.7 Å². The van der Waals surface area contributed by atoms with Crippen molar-refractivity contribution in [2.75, 3.05) is 20.2 Å². The molecule has 1 unspecified atom stereocenters. The van der Waals surface area contributed by atoms with Crippen LogP contribution in [0.3, 0.4) is 0 Å². The van der Waals surface area contributed by atoms with Crippen molar-refractivity contribution in [2.45, 2.75) is 76.7 Å². The van der Waals surface area contributed by atoms with Crippen LogP contribution in [0.5, 0.6) is 0 Å². The molecule has 2 aromatic heterocycles. The van der Waals surface area contributed by atoms with Gasteiger partial charge >= 0.3 is 12.2 Å². The first-order chi connectivity index (χ1) is 28.5. The number of aromatic nitrogens is 4. The molecule has 0 bridgehead atoms. The first-order valence-corrected chi connectivity index (χ1v) is 20.1. The van der Waals surface area contributed by atoms with Crippen LogP contribution in [-0.4, -0.2) is 91.1 Å². The molecule has 7 N–H and O–H groups in total. The number of carboxylic acid groups (broad SMARTS) is 1. The second-order valence-corrected chi connectivity index (χ2v) is 15.5. The highest BCUT2D eigenvalue weighted by molar-refractivity contribution is 5.87. The maximum atomic E-state index is 13.8. The van der Waals surface area contributed by atoms with Crippen molar-refractivity contribution in [1.29, 1.82) is 0 Å². The molecular weight excluding hydrogens is 751 g/mol. The van der Waals surface area contributed by atoms with Gasteiger partial charge in [-0.2, -0.15) is 0 Å². The first-order valence-electron chi connectivity index (χ1n) is 20.1. The number of nitrogens with zero attached hydrogens (tertiary/aromatic N) is 4. The maximum Gasteiger partial charge on any atom is 0.407 e. The Bertz CT molecular complexity index is 2250. The Labute approximate surface area is 342 Å². The average Bonchev–Trinajstić information content (AvgIpc) is 4.09. The lowest BCUT2D eigenvalue weighted by Crippen LogP contribution is -2.51. The van der Waals surface area contributed by atoms with Crippen molar-refractivity contribution >= 4 is 24.0 Å². The van der Waals surface area contributed by atoms with Crippen molar-refractivity contribution in [2.24, 2.45) is 11.7 Å². The summed E-state index contributed by atoms with van der Waals surface area (Å²) in [6.45, 7) is 5.28. The van der Waals surface area contributed by atoms with Crippen molar-refractivity contribution in [3.8, 4) is 33.6 Å². The van der Waals surface area contributed by atoms with Crippen molar-refractivity contribution in [3.63, 3.8) is 0 Å². The molecule has 2 fully saturated rings. The fourth-order valence-electron chi connectivity index (χ4n) is 8.09. The Kier molecular flexibility index (Phi) is 12.4. The van der Waals surface area contributed by atoms with Gasteiger partial charge in [0.15, 0.2) is 0 Å². The Morgan fingerprint density at radius 3 is 1.68 bits per heavy atom. The number of aromatic amines is 2. The molecule has 0 radical (unpaired) electrons. The second-order valence-electron chi connectivity index (χ2n) is 15.5. The molecular formula is C44H51N9O6. The van der Waals surface area contributed by atoms with Crippen LogP contribution in [0.4, 0.5) is 9.59 Å². The fourth-order valence-corrected chi connectivity index (χ4v) is 8.09. The van der Waals surface area contributed by atoms with Crippen LogP contribution < -0.4 is 16.4 Å². The van der Waals surface area contributed by atoms with Crippen LogP contribution in [-0.2, 0) is 27.3 Å². The van der Waals surface area contributed by atoms with Crippen molar-refractivity contribution in [3.05, 3.63) is 108 Å². The number of ether oxygens (including phenoxy) is 1. The topological polar surface area (TPSA) is 212 Å². The van der Waals surface area contributed by atoms with E-state index in [1.807, 2.05) is 62.4 Å². The molecule has 4 amide bonds. The van der Waals surface area contributed by atoms with Crippen LogP contribution in [0, 0.1) is 5.92 Å². The SMILES string of the molecule is COC(=O)N[C@H](C(=O)N1CCCC1c1ncc(-c2ccc(-c3ccc(-c4cnc([C@@H]5CCCN5C(=O)[C@H](Cc5ccc(CN)cc5)NC(=O)O)[nH]4)cc3)cc2)[nH]1)C(C)C. The van der Waals surface area contributed by atoms with Crippen LogP contribution in [0.2, 0.25) is 0 Å². The van der Waals surface area contributed by atoms with Gasteiger partial charge in [-0.3, -0.25) is 9.59 Å². The number of carbonyl (C=O) groups is 4. The molecule has 5 aromatic rings. The Hall–Kier alpha value is -6.48. The van der Waals surface area contributed by atoms with E-state index in [2.05, 4.69) is 54.8 Å². The molecule has 7 rings (SSSR count). The monoisotopic (exact) mass is 801 g/mol. The standard InChI is InChI=1S/C44H51N9O6/c1-26(2)38(51-44(58)59-3)42(55)53-21-5-7-37(53)40-47-25-35(49-40)32-18-14-30(15-19-32)29-12-16-31(17-13-29)34-24-46-39(48-34)36-6-4-20-52(36)41(54)33(50-43(56)57)22-27-8-10-28(23-45)11-9-27/h8-19,24-26,33,36-38,50H,4-7,20-23,45H2,1-3H3,(H,46,48)(H,47,49)(H,51,58)(H,56,57)/t33-,36-,37?,38-/m0/s1. The highest BCUT2D eigenvalue weighted by atomic mass is 16.5. The smallest absolute Gasteiger partial charge is 0.407 e. The predicted octanol–water partition coefficient (Wildman–Crippen LogP) is 6.18. The van der Waals surface area contributed by atoms with Gasteiger partial charge < -0.3 is 46.0 Å². The van der Waals surface area contributed by atoms with Gasteiger partial charge in [-0.05, 0) is 65.0 Å². The summed E-state index contributed by atoms with van der Waals surface area (Å²) in [5, 5.41) is 14.7. The summed E-state index contributed by atoms with van der Waals surface area (Å²) < 4.78 is 4.75. The number of hydrogen-bond acceptors (Lipinski definition) is 8. The van der Waals surface area contributed by atoms with Crippen LogP contribution in [0.15, 0.2) is 85.2 Å². The number of carbonyl (C=O) groups excluding carboxylic acids is 3. The summed E-state index contributed by atoms with van der Waals surface area (Å²) in [7, 11) is 1.28. The molecule has 15 heteroatoms. The maximum absolute atomic E-state index is 13.8. The van der Waals surface area contributed by atoms with Crippen LogP contribution in [0.25, 0.3) is 33.6 Å². The second kappa shape index (κ2) is 18.0. The number of nitrogens with one attached hydrogen (secondary N) is 4. The average molecular weight is 802 g/mol. The van der Waals surface area contributed by atoms with E-state index < -0.39 is 24.3 Å². The summed E-state index contributed by atoms with van der Waals surface area (Å²) in [6.07, 6.45) is 5.01. The molecule has 308 valence electrons. The third-order valence-electron chi connectivity index (χ3n) is 11.3. The summed E-state index contributed by atoms with van der Waals surface area (Å²) in [5.41, 5.74) is 13.2. The number of alkyl carbamates (subject to hydrolysis) is 1. The van der Waals surface area contributed by atoms with Crippen LogP contribution >= 0.6 is 0 Å². The van der Waals surface area contributed by atoms with E-state index in [1.165, 1.54) is 7.11 Å². The number of amides is 4. The number of hydrogen-bond donors (Lipinski definition) is 6. The van der Waals surface area contributed by atoms with Gasteiger partial charge in [0.1, 0.15) is 23.7 Å². The third-order valence-corrected chi connectivity index (χ3v) is 11.3. The Balaban J connectivity index is 0.995. The molecule has 15 nitrogen and oxygen atoms in total. The number of benzene rings is 3. The van der Waals surface area contributed by atoms with Gasteiger partial charge in [-0.15, -0.1) is 0 Å². The minimum Gasteiger partial charge on any atom is -0.465 e. The molecule has 3 aromatic carbocycles. The summed E-state index contributed by atoms with van der Waals surface area (Å²) in [5.74, 6) is 0.834. The molecule has 2 aliphatic rings. The molecule has 0 saturated carbocycles. The Morgan fingerprint density at radius 2 is 1.22 bits per heavy atom. The van der Waals surface area contributed by atoms with Crippen LogP contribution in [0.1, 0.15) is 74.4 Å². The van der Waals surface area contributed by atoms with E-state index in [4.69, 9.17) is 10.5 Å². The molecule has 0 spiro atoms. The van der Waals surface area contributed by atoms with Crippen molar-refractivity contribution < 1.29 is 29.0 Å². The minimum atomic E-state index is -1.25. The Morgan fingerprint density at radius 1 is 0.746 bits per heavy atom. The molecule has 2 aliphatic heterocycles. The number of imidazole rings is 2. The van der Waals surface area contributed by atoms with Gasteiger partial charge in [0.2, 0.25) is 11.8 Å². The highest BCUT2D eigenvalue weighted by Crippen LogP contribution is 2.35.